The van der Waals surface area contributed by atoms with Crippen LogP contribution in [-0.4, -0.2) is 42.6 Å². The standard InChI is InChI=1S/C20H24N2O4/c1-20(2)9-14-19(15(23)10-20)13(8-18(24)22(14)21(3)4)12-5-6-16-17(7-12)26-11-25-16/h5-7,13H,8-11H2,1-4H3/t13-/m1/s1. The molecule has 1 atom stereocenters. The lowest BCUT2D eigenvalue weighted by atomic mass is 9.69. The van der Waals surface area contributed by atoms with Crippen LogP contribution < -0.4 is 9.47 Å². The summed E-state index contributed by atoms with van der Waals surface area (Å²) in [6.07, 6.45) is 1.49. The van der Waals surface area contributed by atoms with E-state index >= 15 is 0 Å². The molecule has 1 aliphatic carbocycles. The maximum atomic E-state index is 13.1. The Morgan fingerprint density at radius 3 is 2.58 bits per heavy atom. The Morgan fingerprint density at radius 2 is 1.85 bits per heavy atom. The van der Waals surface area contributed by atoms with E-state index in [1.54, 1.807) is 10.0 Å². The van der Waals surface area contributed by atoms with E-state index in [1.165, 1.54) is 0 Å². The molecule has 2 aliphatic heterocycles. The average Bonchev–Trinajstić information content (AvgIpc) is 2.99. The van der Waals surface area contributed by atoms with Crippen molar-refractivity contribution in [1.82, 2.24) is 10.0 Å². The number of ketones is 1. The monoisotopic (exact) mass is 356 g/mol. The van der Waals surface area contributed by atoms with E-state index in [2.05, 4.69) is 13.8 Å². The third kappa shape index (κ3) is 2.69. The second-order valence-electron chi connectivity index (χ2n) is 8.22. The number of allylic oxidation sites excluding steroid dienone is 2. The van der Waals surface area contributed by atoms with Crippen LogP contribution in [0.25, 0.3) is 0 Å². The highest BCUT2D eigenvalue weighted by atomic mass is 16.7. The number of carbonyl (C=O) groups is 2. The van der Waals surface area contributed by atoms with Gasteiger partial charge in [-0.05, 0) is 29.5 Å². The first-order valence-corrected chi connectivity index (χ1v) is 8.93. The molecule has 138 valence electrons. The van der Waals surface area contributed by atoms with Crippen molar-refractivity contribution >= 4 is 11.7 Å². The summed E-state index contributed by atoms with van der Waals surface area (Å²) in [7, 11) is 3.69. The van der Waals surface area contributed by atoms with Gasteiger partial charge in [0.15, 0.2) is 17.3 Å². The minimum absolute atomic E-state index is 0.0157. The van der Waals surface area contributed by atoms with Gasteiger partial charge in [0.1, 0.15) is 0 Å². The molecular weight excluding hydrogens is 332 g/mol. The Morgan fingerprint density at radius 1 is 1.12 bits per heavy atom. The number of rotatable bonds is 2. The minimum Gasteiger partial charge on any atom is -0.454 e. The van der Waals surface area contributed by atoms with Crippen LogP contribution in [0.15, 0.2) is 29.5 Å². The lowest BCUT2D eigenvalue weighted by Crippen LogP contribution is -2.49. The van der Waals surface area contributed by atoms with Gasteiger partial charge in [0.05, 0.1) is 0 Å². The quantitative estimate of drug-likeness (QED) is 0.815. The number of hydrogen-bond acceptors (Lipinski definition) is 5. The fraction of sp³-hybridized carbons (Fsp3) is 0.500. The molecule has 0 radical (unpaired) electrons. The van der Waals surface area contributed by atoms with Crippen LogP contribution in [0.4, 0.5) is 0 Å². The normalized spacial score (nSPS) is 24.3. The predicted molar refractivity (Wildman–Crippen MR) is 95.5 cm³/mol. The third-order valence-electron chi connectivity index (χ3n) is 5.31. The van der Waals surface area contributed by atoms with E-state index in [1.807, 2.05) is 32.3 Å². The smallest absolute Gasteiger partial charge is 0.242 e. The van der Waals surface area contributed by atoms with Gasteiger partial charge in [0.25, 0.3) is 0 Å². The number of Topliss-reactive ketones (excluding diaryl/α,β-unsaturated/α-hetero) is 1. The van der Waals surface area contributed by atoms with Crippen molar-refractivity contribution in [2.24, 2.45) is 5.41 Å². The average molecular weight is 356 g/mol. The summed E-state index contributed by atoms with van der Waals surface area (Å²) in [4.78, 5) is 26.0. The van der Waals surface area contributed by atoms with Gasteiger partial charge in [-0.3, -0.25) is 9.59 Å². The van der Waals surface area contributed by atoms with Crippen molar-refractivity contribution in [3.8, 4) is 11.5 Å². The Balaban J connectivity index is 1.84. The Hall–Kier alpha value is -2.34. The van der Waals surface area contributed by atoms with Crippen LogP contribution in [0.3, 0.4) is 0 Å². The number of hydrazine groups is 1. The van der Waals surface area contributed by atoms with Crippen molar-refractivity contribution in [2.75, 3.05) is 20.9 Å². The number of nitrogens with zero attached hydrogens (tertiary/aromatic N) is 2. The van der Waals surface area contributed by atoms with Gasteiger partial charge < -0.3 is 9.47 Å². The van der Waals surface area contributed by atoms with E-state index in [0.717, 1.165) is 16.8 Å². The SMILES string of the molecule is CN(C)N1C(=O)C[C@H](c2ccc3c(c2)OCO3)C2=C1CC(C)(C)CC2=O. The number of carbonyl (C=O) groups excluding carboxylic acids is 2. The fourth-order valence-electron chi connectivity index (χ4n) is 4.28. The van der Waals surface area contributed by atoms with E-state index in [4.69, 9.17) is 9.47 Å². The fourth-order valence-corrected chi connectivity index (χ4v) is 4.28. The molecule has 0 unspecified atom stereocenters. The van der Waals surface area contributed by atoms with Crippen LogP contribution >= 0.6 is 0 Å². The molecule has 1 aromatic carbocycles. The third-order valence-corrected chi connectivity index (χ3v) is 5.31. The summed E-state index contributed by atoms with van der Waals surface area (Å²) in [6.45, 7) is 4.37. The molecule has 0 aromatic heterocycles. The second-order valence-corrected chi connectivity index (χ2v) is 8.22. The zero-order valence-electron chi connectivity index (χ0n) is 15.7. The first kappa shape index (κ1) is 17.1. The van der Waals surface area contributed by atoms with Gasteiger partial charge in [-0.25, -0.2) is 10.0 Å². The molecule has 1 amide bonds. The van der Waals surface area contributed by atoms with Crippen molar-refractivity contribution in [2.45, 2.75) is 39.0 Å². The van der Waals surface area contributed by atoms with Crippen LogP contribution in [0, 0.1) is 5.41 Å². The summed E-state index contributed by atoms with van der Waals surface area (Å²) in [5.41, 5.74) is 2.40. The van der Waals surface area contributed by atoms with Gasteiger partial charge in [-0.15, -0.1) is 0 Å². The van der Waals surface area contributed by atoms with Gasteiger partial charge >= 0.3 is 0 Å². The van der Waals surface area contributed by atoms with Crippen molar-refractivity contribution in [1.29, 1.82) is 0 Å². The Kier molecular flexibility index (Phi) is 3.84. The van der Waals surface area contributed by atoms with Crippen LogP contribution in [0.5, 0.6) is 11.5 Å². The highest BCUT2D eigenvalue weighted by Crippen LogP contribution is 2.48. The Labute approximate surface area is 153 Å². The molecule has 0 N–H and O–H groups in total. The number of amides is 1. The topological polar surface area (TPSA) is 59.1 Å². The summed E-state index contributed by atoms with van der Waals surface area (Å²) in [5.74, 6) is 1.30. The molecule has 4 rings (SSSR count). The maximum absolute atomic E-state index is 13.1. The number of benzene rings is 1. The van der Waals surface area contributed by atoms with Crippen molar-refractivity contribution in [3.63, 3.8) is 0 Å². The highest BCUT2D eigenvalue weighted by Gasteiger charge is 2.44. The molecule has 0 spiro atoms. The molecule has 3 aliphatic rings. The molecule has 2 heterocycles. The number of ether oxygens (including phenoxy) is 2. The first-order valence-electron chi connectivity index (χ1n) is 8.93. The van der Waals surface area contributed by atoms with Crippen molar-refractivity contribution < 1.29 is 19.1 Å². The van der Waals surface area contributed by atoms with E-state index in [9.17, 15) is 9.59 Å². The van der Waals surface area contributed by atoms with E-state index < -0.39 is 0 Å². The molecule has 0 saturated carbocycles. The number of hydrogen-bond donors (Lipinski definition) is 0. The van der Waals surface area contributed by atoms with Crippen molar-refractivity contribution in [3.05, 3.63) is 35.0 Å². The second kappa shape index (κ2) is 5.84. The maximum Gasteiger partial charge on any atom is 0.242 e. The molecule has 6 heteroatoms. The zero-order valence-corrected chi connectivity index (χ0v) is 15.7. The predicted octanol–water partition coefficient (Wildman–Crippen LogP) is 2.85. The van der Waals surface area contributed by atoms with E-state index in [0.29, 0.717) is 24.3 Å². The molecule has 0 saturated heterocycles. The summed E-state index contributed by atoms with van der Waals surface area (Å²) in [6, 6.07) is 5.70. The molecule has 6 nitrogen and oxygen atoms in total. The molecule has 26 heavy (non-hydrogen) atoms. The van der Waals surface area contributed by atoms with Crippen LogP contribution in [0.1, 0.15) is 44.6 Å². The number of fused-ring (bicyclic) bond motifs is 1. The van der Waals surface area contributed by atoms with Crippen LogP contribution in [-0.2, 0) is 9.59 Å². The summed E-state index contributed by atoms with van der Waals surface area (Å²) < 4.78 is 10.9. The molecule has 1 aromatic rings. The minimum atomic E-state index is -0.230. The molecule has 0 fully saturated rings. The first-order chi connectivity index (χ1) is 12.3. The highest BCUT2D eigenvalue weighted by molar-refractivity contribution is 6.02. The van der Waals surface area contributed by atoms with Gasteiger partial charge in [-0.1, -0.05) is 19.9 Å². The molecular formula is C20H24N2O4. The summed E-state index contributed by atoms with van der Waals surface area (Å²) in [5, 5.41) is 3.46. The zero-order chi connectivity index (χ0) is 18.6. The van der Waals surface area contributed by atoms with Gasteiger partial charge in [-0.2, -0.15) is 0 Å². The Bertz CT molecular complexity index is 825. The van der Waals surface area contributed by atoms with Crippen LogP contribution in [0.2, 0.25) is 0 Å². The largest absolute Gasteiger partial charge is 0.454 e. The van der Waals surface area contributed by atoms with Gasteiger partial charge in [0, 0.05) is 44.1 Å². The lowest BCUT2D eigenvalue weighted by molar-refractivity contribution is -0.143. The summed E-state index contributed by atoms with van der Waals surface area (Å²) >= 11 is 0. The van der Waals surface area contributed by atoms with E-state index in [-0.39, 0.29) is 36.2 Å². The lowest BCUT2D eigenvalue weighted by Gasteiger charge is -2.44. The molecule has 0 bridgehead atoms. The van der Waals surface area contributed by atoms with Gasteiger partial charge in [0.2, 0.25) is 12.7 Å².